The van der Waals surface area contributed by atoms with E-state index in [1.165, 1.54) is 6.07 Å². The molecule has 6 nitrogen and oxygen atoms in total. The molecule has 2 aromatic rings. The minimum Gasteiger partial charge on any atom is -0.349 e. The molecular formula is C18H16F2N2O4S. The fourth-order valence-corrected chi connectivity index (χ4v) is 3.06. The molecule has 1 aliphatic rings. The summed E-state index contributed by atoms with van der Waals surface area (Å²) in [4.78, 5) is 23.8. The van der Waals surface area contributed by atoms with Gasteiger partial charge in [0, 0.05) is 22.9 Å². The Morgan fingerprint density at radius 1 is 0.963 bits per heavy atom. The van der Waals surface area contributed by atoms with Gasteiger partial charge in [0.25, 0.3) is 11.8 Å². The smallest absolute Gasteiger partial charge is 0.341 e. The van der Waals surface area contributed by atoms with Crippen LogP contribution >= 0.6 is 0 Å². The molecule has 0 spiro atoms. The van der Waals surface area contributed by atoms with E-state index in [0.29, 0.717) is 11.3 Å². The van der Waals surface area contributed by atoms with Crippen molar-refractivity contribution in [2.45, 2.75) is 29.5 Å². The maximum Gasteiger partial charge on any atom is 0.341 e. The molecule has 1 fully saturated rings. The maximum atomic E-state index is 12.5. The standard InChI is InChI=1S/C18H16F2N2O4S/c19-18(20)27(25,26)15-8-4-11(5-9-15)16(23)22-14-3-1-2-12(10-14)17(24)21-13-6-7-13/h1-5,8-10,13,18H,6-7H2,(H,21,24)(H,22,23). The van der Waals surface area contributed by atoms with Crippen LogP contribution in [0.15, 0.2) is 53.4 Å². The highest BCUT2D eigenvalue weighted by Gasteiger charge is 2.26. The highest BCUT2D eigenvalue weighted by molar-refractivity contribution is 7.91. The summed E-state index contributed by atoms with van der Waals surface area (Å²) >= 11 is 0. The first-order valence-electron chi connectivity index (χ1n) is 8.12. The monoisotopic (exact) mass is 394 g/mol. The van der Waals surface area contributed by atoms with Crippen LogP contribution in [-0.4, -0.2) is 32.0 Å². The normalized spacial score (nSPS) is 14.0. The summed E-state index contributed by atoms with van der Waals surface area (Å²) in [7, 11) is -4.71. The van der Waals surface area contributed by atoms with Gasteiger partial charge in [-0.3, -0.25) is 9.59 Å². The van der Waals surface area contributed by atoms with Crippen molar-refractivity contribution in [1.82, 2.24) is 5.32 Å². The van der Waals surface area contributed by atoms with Crippen molar-refractivity contribution in [1.29, 1.82) is 0 Å². The van der Waals surface area contributed by atoms with Crippen molar-refractivity contribution >= 4 is 27.3 Å². The molecule has 2 amide bonds. The average molecular weight is 394 g/mol. The van der Waals surface area contributed by atoms with Gasteiger partial charge in [0.15, 0.2) is 0 Å². The number of halogens is 2. The molecule has 0 unspecified atom stereocenters. The van der Waals surface area contributed by atoms with Gasteiger partial charge in [0.1, 0.15) is 0 Å². The van der Waals surface area contributed by atoms with Crippen LogP contribution in [0.1, 0.15) is 33.6 Å². The average Bonchev–Trinajstić information content (AvgIpc) is 3.46. The fraction of sp³-hybridized carbons (Fsp3) is 0.222. The highest BCUT2D eigenvalue weighted by atomic mass is 32.2. The van der Waals surface area contributed by atoms with E-state index in [2.05, 4.69) is 10.6 Å². The van der Waals surface area contributed by atoms with E-state index < -0.39 is 26.4 Å². The van der Waals surface area contributed by atoms with Crippen LogP contribution in [0.3, 0.4) is 0 Å². The third kappa shape index (κ3) is 4.48. The van der Waals surface area contributed by atoms with Crippen molar-refractivity contribution in [3.8, 4) is 0 Å². The van der Waals surface area contributed by atoms with Gasteiger partial charge in [-0.15, -0.1) is 0 Å². The van der Waals surface area contributed by atoms with Crippen molar-refractivity contribution in [2.24, 2.45) is 0 Å². The second-order valence-corrected chi connectivity index (χ2v) is 8.03. The number of benzene rings is 2. The molecule has 2 N–H and O–H groups in total. The van der Waals surface area contributed by atoms with Crippen LogP contribution in [0, 0.1) is 0 Å². The first-order chi connectivity index (χ1) is 12.8. The number of nitrogens with one attached hydrogen (secondary N) is 2. The topological polar surface area (TPSA) is 92.3 Å². The Bertz CT molecular complexity index is 971. The molecule has 1 aliphatic carbocycles. The molecular weight excluding hydrogens is 378 g/mol. The first-order valence-corrected chi connectivity index (χ1v) is 9.66. The largest absolute Gasteiger partial charge is 0.349 e. The lowest BCUT2D eigenvalue weighted by molar-refractivity contribution is 0.0949. The second-order valence-electron chi connectivity index (χ2n) is 6.11. The van der Waals surface area contributed by atoms with E-state index in [-0.39, 0.29) is 17.5 Å². The molecule has 0 aliphatic heterocycles. The number of carbonyl (C=O) groups is 2. The van der Waals surface area contributed by atoms with Crippen LogP contribution in [0.4, 0.5) is 14.5 Å². The maximum absolute atomic E-state index is 12.5. The number of anilines is 1. The molecule has 0 radical (unpaired) electrons. The fourth-order valence-electron chi connectivity index (χ4n) is 2.34. The zero-order valence-corrected chi connectivity index (χ0v) is 14.8. The minimum absolute atomic E-state index is 0.0936. The summed E-state index contributed by atoms with van der Waals surface area (Å²) in [6, 6.07) is 10.8. The summed E-state index contributed by atoms with van der Waals surface area (Å²) in [5, 5.41) is 5.43. The van der Waals surface area contributed by atoms with Crippen molar-refractivity contribution in [2.75, 3.05) is 5.32 Å². The molecule has 1 saturated carbocycles. The summed E-state index contributed by atoms with van der Waals surface area (Å²) in [6.45, 7) is 0. The van der Waals surface area contributed by atoms with Gasteiger partial charge in [-0.05, 0) is 55.3 Å². The number of amides is 2. The SMILES string of the molecule is O=C(Nc1cccc(C(=O)NC2CC2)c1)c1ccc(S(=O)(=O)C(F)F)cc1. The summed E-state index contributed by atoms with van der Waals surface area (Å²) in [5.74, 6) is -4.31. The van der Waals surface area contributed by atoms with Gasteiger partial charge in [0.05, 0.1) is 4.90 Å². The molecule has 0 saturated heterocycles. The van der Waals surface area contributed by atoms with Crippen molar-refractivity contribution in [3.05, 3.63) is 59.7 Å². The Labute approximate surface area is 154 Å². The second kappa shape index (κ2) is 7.43. The van der Waals surface area contributed by atoms with Crippen molar-refractivity contribution in [3.63, 3.8) is 0 Å². The Hall–Kier alpha value is -2.81. The molecule has 0 aromatic heterocycles. The Morgan fingerprint density at radius 2 is 1.63 bits per heavy atom. The first kappa shape index (κ1) is 19.0. The number of hydrogen-bond acceptors (Lipinski definition) is 4. The predicted molar refractivity (Wildman–Crippen MR) is 94.5 cm³/mol. The van der Waals surface area contributed by atoms with Crippen LogP contribution in [0.5, 0.6) is 0 Å². The van der Waals surface area contributed by atoms with E-state index in [9.17, 15) is 26.8 Å². The van der Waals surface area contributed by atoms with Gasteiger partial charge in [-0.25, -0.2) is 8.42 Å². The third-order valence-corrected chi connectivity index (χ3v) is 5.37. The van der Waals surface area contributed by atoms with Gasteiger partial charge >= 0.3 is 5.76 Å². The van der Waals surface area contributed by atoms with Gasteiger partial charge in [-0.1, -0.05) is 6.07 Å². The molecule has 9 heteroatoms. The van der Waals surface area contributed by atoms with Crippen LogP contribution in [0.2, 0.25) is 0 Å². The zero-order chi connectivity index (χ0) is 19.6. The van der Waals surface area contributed by atoms with E-state index in [1.807, 2.05) is 0 Å². The molecule has 142 valence electrons. The van der Waals surface area contributed by atoms with Gasteiger partial charge in [-0.2, -0.15) is 8.78 Å². The molecule has 0 atom stereocenters. The molecule has 0 heterocycles. The lowest BCUT2D eigenvalue weighted by Gasteiger charge is -2.09. The summed E-state index contributed by atoms with van der Waals surface area (Å²) in [6.07, 6.45) is 1.92. The van der Waals surface area contributed by atoms with E-state index in [0.717, 1.165) is 37.1 Å². The summed E-state index contributed by atoms with van der Waals surface area (Å²) in [5.41, 5.74) is 0.877. The van der Waals surface area contributed by atoms with Crippen LogP contribution in [0.25, 0.3) is 0 Å². The van der Waals surface area contributed by atoms with Gasteiger partial charge < -0.3 is 10.6 Å². The Kier molecular flexibility index (Phi) is 5.22. The van der Waals surface area contributed by atoms with E-state index in [1.54, 1.807) is 18.2 Å². The molecule has 3 rings (SSSR count). The van der Waals surface area contributed by atoms with Crippen molar-refractivity contribution < 1.29 is 26.8 Å². The predicted octanol–water partition coefficient (Wildman–Crippen LogP) is 2.83. The van der Waals surface area contributed by atoms with E-state index >= 15 is 0 Å². The third-order valence-electron chi connectivity index (χ3n) is 3.97. The molecule has 27 heavy (non-hydrogen) atoms. The molecule has 2 aromatic carbocycles. The Morgan fingerprint density at radius 3 is 2.22 bits per heavy atom. The number of sulfone groups is 1. The zero-order valence-electron chi connectivity index (χ0n) is 14.0. The lowest BCUT2D eigenvalue weighted by atomic mass is 10.1. The van der Waals surface area contributed by atoms with Gasteiger partial charge in [0.2, 0.25) is 9.84 Å². The quantitative estimate of drug-likeness (QED) is 0.788. The Balaban J connectivity index is 1.71. The van der Waals surface area contributed by atoms with E-state index in [4.69, 9.17) is 0 Å². The highest BCUT2D eigenvalue weighted by Crippen LogP contribution is 2.21. The number of alkyl halides is 2. The number of rotatable bonds is 6. The number of hydrogen-bond donors (Lipinski definition) is 2. The molecule has 0 bridgehead atoms. The number of carbonyl (C=O) groups excluding carboxylic acids is 2. The van der Waals surface area contributed by atoms with Crippen LogP contribution in [-0.2, 0) is 9.84 Å². The minimum atomic E-state index is -4.71. The van der Waals surface area contributed by atoms with Crippen LogP contribution < -0.4 is 10.6 Å². The lowest BCUT2D eigenvalue weighted by Crippen LogP contribution is -2.25. The summed E-state index contributed by atoms with van der Waals surface area (Å²) < 4.78 is 47.9.